The highest BCUT2D eigenvalue weighted by Gasteiger charge is 2.65. The van der Waals surface area contributed by atoms with Crippen LogP contribution < -0.4 is 42.5 Å². The Morgan fingerprint density at radius 3 is 0.729 bits per heavy atom. The van der Waals surface area contributed by atoms with Crippen molar-refractivity contribution in [3.8, 4) is 0 Å². The predicted octanol–water partition coefficient (Wildman–Crippen LogP) is 14.2. The van der Waals surface area contributed by atoms with E-state index in [4.69, 9.17) is 0 Å². The molecule has 0 spiro atoms. The third-order valence-electron chi connectivity index (χ3n) is 36.3. The van der Waals surface area contributed by atoms with E-state index in [1.165, 1.54) is 206 Å². The molecule has 0 bridgehead atoms. The Labute approximate surface area is 587 Å². The van der Waals surface area contributed by atoms with Crippen LogP contribution in [0.4, 0.5) is 0 Å². The fourth-order valence-corrected chi connectivity index (χ4v) is 31.7. The van der Waals surface area contributed by atoms with Gasteiger partial charge < -0.3 is 42.5 Å². The summed E-state index contributed by atoms with van der Waals surface area (Å²) in [6, 6.07) is 11.4. The molecular weight excluding hydrogens is 1170 g/mol. The van der Waals surface area contributed by atoms with Gasteiger partial charge in [0, 0.05) is 111 Å². The molecule has 10 saturated heterocycles. The largest absolute Gasteiger partial charge is 0.315 e. The van der Waals surface area contributed by atoms with Crippen molar-refractivity contribution in [2.75, 3.05) is 52.4 Å². The van der Waals surface area contributed by atoms with Crippen molar-refractivity contribution in [2.24, 2.45) is 118 Å². The number of nitrogens with zero attached hydrogens (tertiary/aromatic N) is 2. The molecule has 19 rings (SSSR count). The monoisotopic (exact) mass is 1320 g/mol. The second-order valence-corrected chi connectivity index (χ2v) is 40.1. The minimum atomic E-state index is 0.741. The zero-order chi connectivity index (χ0) is 63.2. The van der Waals surface area contributed by atoms with Gasteiger partial charge in [0.25, 0.3) is 0 Å². The van der Waals surface area contributed by atoms with Gasteiger partial charge in [-0.15, -0.1) is 0 Å². The normalized spacial score (nSPS) is 54.4. The van der Waals surface area contributed by atoms with Crippen molar-refractivity contribution >= 4 is 0 Å². The van der Waals surface area contributed by atoms with E-state index in [-0.39, 0.29) is 0 Å². The third kappa shape index (κ3) is 13.2. The summed E-state index contributed by atoms with van der Waals surface area (Å²) in [5, 5.41) is 32.5. The van der Waals surface area contributed by atoms with Crippen LogP contribution in [0.3, 0.4) is 0 Å². The van der Waals surface area contributed by atoms with Gasteiger partial charge in [-0.2, -0.15) is 0 Å². The van der Waals surface area contributed by atoms with Crippen LogP contribution >= 0.6 is 0 Å². The smallest absolute Gasteiger partial charge is 0.0223 e. The van der Waals surface area contributed by atoms with E-state index in [1.54, 1.807) is 128 Å². The van der Waals surface area contributed by atoms with E-state index in [0.29, 0.717) is 0 Å². The number of hydrogen-bond acceptors (Lipinski definition) is 10. The second kappa shape index (κ2) is 29.5. The third-order valence-corrected chi connectivity index (χ3v) is 36.3. The molecule has 0 radical (unpaired) electrons. The summed E-state index contributed by atoms with van der Waals surface area (Å²) < 4.78 is 0. The molecule has 8 N–H and O–H groups in total. The number of piperidine rings is 8. The SMILES string of the molecule is C1CCC2C(C1)C1C3C4CCCCC4N(C4CC(C5CCC(C6CCC7CCNCC7N6)CC5)CC(C5CCC(C6CCC7CCNCC7N6)CC5)C4)C3CCC1N2C1CC(C2CCC(C3CCC4CCNCC4N3)CC2)CC(C2CCC(C3CCC4CCNCC4N3)CC2)C1. The van der Waals surface area contributed by atoms with Gasteiger partial charge in [-0.1, -0.05) is 25.7 Å². The van der Waals surface area contributed by atoms with E-state index < -0.39 is 0 Å². The van der Waals surface area contributed by atoms with Crippen molar-refractivity contribution in [1.82, 2.24) is 52.3 Å². The van der Waals surface area contributed by atoms with E-state index in [0.717, 1.165) is 203 Å². The number of likely N-dealkylation sites (tertiary alicyclic amines) is 2. The summed E-state index contributed by atoms with van der Waals surface area (Å²) in [5.74, 6) is 19.3. The van der Waals surface area contributed by atoms with Crippen LogP contribution in [0.5, 0.6) is 0 Å². The topological polar surface area (TPSA) is 103 Å². The van der Waals surface area contributed by atoms with Crippen molar-refractivity contribution in [3.05, 3.63) is 0 Å². The molecule has 0 aromatic carbocycles. The molecule has 10 nitrogen and oxygen atoms in total. The standard InChI is InChI=1S/C86H146N10/c1-3-7-81-71(5-1)85-83(95(81)69-45-65(53-9-17-57(18-10-53)73-29-25-61-35-39-87-49-77(61)91-73)43-66(46-69)54-11-19-58(20-12-54)74-30-26-62-36-40-88-50-78(62)92-74)33-34-84-86(85)72-6-2-4-8-82(72)96(84)70-47-67(55-13-21-59(22-14-55)75-31-27-63-37-41-89-51-79(63)93-75)44-68(48-70)56-15-23-60(24-16-56)76-32-28-64-38-42-90-52-80(64)94-76/h53-94H,1-52H2. The van der Waals surface area contributed by atoms with Crippen LogP contribution in [0.1, 0.15) is 283 Å². The summed E-state index contributed by atoms with van der Waals surface area (Å²) in [6.07, 6.45) is 67.1. The summed E-state index contributed by atoms with van der Waals surface area (Å²) in [4.78, 5) is 7.20. The number of hydrogen-bond donors (Lipinski definition) is 8. The molecule has 0 amide bonds. The average Bonchev–Trinajstić information content (AvgIpc) is 1.54. The molecule has 10 heteroatoms. The molecule has 10 aliphatic heterocycles. The van der Waals surface area contributed by atoms with Gasteiger partial charge in [-0.25, -0.2) is 0 Å². The highest BCUT2D eigenvalue weighted by Crippen LogP contribution is 2.63. The van der Waals surface area contributed by atoms with E-state index in [2.05, 4.69) is 52.3 Å². The molecule has 19 aliphatic rings. The molecule has 9 aliphatic carbocycles. The maximum absolute atomic E-state index is 4.34. The molecular formula is C86H146N10. The fourth-order valence-electron chi connectivity index (χ4n) is 31.7. The average molecular weight is 1320 g/mol. The Balaban J connectivity index is 0.573. The highest BCUT2D eigenvalue weighted by molar-refractivity contribution is 5.18. The first-order valence-corrected chi connectivity index (χ1v) is 44.9. The summed E-state index contributed by atoms with van der Waals surface area (Å²) in [6.45, 7) is 9.88. The summed E-state index contributed by atoms with van der Waals surface area (Å²) >= 11 is 0. The van der Waals surface area contributed by atoms with Gasteiger partial charge in [-0.05, 0) is 401 Å². The van der Waals surface area contributed by atoms with Crippen LogP contribution in [0.15, 0.2) is 0 Å². The van der Waals surface area contributed by atoms with Crippen molar-refractivity contribution < 1.29 is 0 Å². The summed E-state index contributed by atoms with van der Waals surface area (Å²) in [5.41, 5.74) is 0. The predicted molar refractivity (Wildman–Crippen MR) is 394 cm³/mol. The maximum Gasteiger partial charge on any atom is 0.0223 e. The van der Waals surface area contributed by atoms with Gasteiger partial charge in [0.2, 0.25) is 0 Å². The molecule has 540 valence electrons. The lowest BCUT2D eigenvalue weighted by Gasteiger charge is -2.52. The van der Waals surface area contributed by atoms with Crippen molar-refractivity contribution in [2.45, 2.75) is 367 Å². The van der Waals surface area contributed by atoms with Crippen LogP contribution in [-0.2, 0) is 0 Å². The lowest BCUT2D eigenvalue weighted by Crippen LogP contribution is -2.58. The number of fused-ring (bicyclic) bond motifs is 11. The Bertz CT molecular complexity index is 2210. The van der Waals surface area contributed by atoms with Crippen LogP contribution in [0.2, 0.25) is 0 Å². The van der Waals surface area contributed by atoms with Crippen molar-refractivity contribution in [1.29, 1.82) is 0 Å². The molecule has 19 fully saturated rings. The zero-order valence-corrected chi connectivity index (χ0v) is 61.3. The van der Waals surface area contributed by atoms with Crippen LogP contribution in [0.25, 0.3) is 0 Å². The second-order valence-electron chi connectivity index (χ2n) is 40.1. The molecule has 0 aromatic rings. The number of nitrogens with one attached hydrogen (secondary N) is 8. The molecule has 24 unspecified atom stereocenters. The van der Waals surface area contributed by atoms with Gasteiger partial charge >= 0.3 is 0 Å². The number of rotatable bonds is 10. The molecule has 9 saturated carbocycles. The van der Waals surface area contributed by atoms with Gasteiger partial charge in [-0.3, -0.25) is 9.80 Å². The summed E-state index contributed by atoms with van der Waals surface area (Å²) in [7, 11) is 0. The molecule has 10 heterocycles. The fraction of sp³-hybridized carbons (Fsp3) is 1.00. The van der Waals surface area contributed by atoms with Gasteiger partial charge in [0.05, 0.1) is 0 Å². The van der Waals surface area contributed by atoms with Crippen LogP contribution in [0, 0.1) is 118 Å². The van der Waals surface area contributed by atoms with E-state index in [1.807, 2.05) is 0 Å². The Morgan fingerprint density at radius 1 is 0.188 bits per heavy atom. The van der Waals surface area contributed by atoms with Crippen LogP contribution in [-0.4, -0.2) is 147 Å². The highest BCUT2D eigenvalue weighted by atomic mass is 15.3. The molecule has 0 aromatic heterocycles. The quantitative estimate of drug-likeness (QED) is 0.108. The minimum Gasteiger partial charge on any atom is -0.315 e. The zero-order valence-electron chi connectivity index (χ0n) is 61.3. The Hall–Kier alpha value is -0.400. The lowest BCUT2D eigenvalue weighted by molar-refractivity contribution is -0.0255. The first-order chi connectivity index (χ1) is 47.5. The Kier molecular flexibility index (Phi) is 20.4. The van der Waals surface area contributed by atoms with Gasteiger partial charge in [0.15, 0.2) is 0 Å². The van der Waals surface area contributed by atoms with E-state index >= 15 is 0 Å². The first-order valence-electron chi connectivity index (χ1n) is 44.9. The van der Waals surface area contributed by atoms with Crippen molar-refractivity contribution in [3.63, 3.8) is 0 Å². The maximum atomic E-state index is 4.34. The minimum absolute atomic E-state index is 0.741. The lowest BCUT2D eigenvalue weighted by atomic mass is 9.61. The first kappa shape index (κ1) is 66.3. The Morgan fingerprint density at radius 2 is 0.438 bits per heavy atom. The molecule has 96 heavy (non-hydrogen) atoms. The van der Waals surface area contributed by atoms with E-state index in [9.17, 15) is 0 Å². The van der Waals surface area contributed by atoms with Gasteiger partial charge in [0.1, 0.15) is 0 Å². The molecule has 24 atom stereocenters.